The van der Waals surface area contributed by atoms with Crippen LogP contribution >= 0.6 is 0 Å². The third-order valence-corrected chi connectivity index (χ3v) is 4.35. The van der Waals surface area contributed by atoms with Crippen LogP contribution in [0, 0.1) is 42.5 Å². The molecule has 3 aromatic carbocycles. The van der Waals surface area contributed by atoms with Crippen molar-refractivity contribution in [2.75, 3.05) is 0 Å². The van der Waals surface area contributed by atoms with Gasteiger partial charge in [-0.15, -0.1) is 34.5 Å². The van der Waals surface area contributed by atoms with Crippen molar-refractivity contribution in [1.29, 1.82) is 0 Å². The summed E-state index contributed by atoms with van der Waals surface area (Å²) in [5.74, 6) is 0. The predicted molar refractivity (Wildman–Crippen MR) is 129 cm³/mol. The molecule has 1 aliphatic carbocycles. The summed E-state index contributed by atoms with van der Waals surface area (Å²) in [6.07, 6.45) is 5.09. The maximum Gasteiger partial charge on any atom is 0 e. The smallest absolute Gasteiger partial charge is 0 e. The van der Waals surface area contributed by atoms with Crippen LogP contribution in [-0.4, -0.2) is 0 Å². The third kappa shape index (κ3) is 9.03. The molecule has 1 aliphatic rings. The van der Waals surface area contributed by atoms with Crippen LogP contribution in [0.1, 0.15) is 43.9 Å². The van der Waals surface area contributed by atoms with Crippen LogP contribution in [0.25, 0.3) is 10.8 Å². The van der Waals surface area contributed by atoms with Crippen LogP contribution in [0.2, 0.25) is 0 Å². The number of rotatable bonds is 1. The summed E-state index contributed by atoms with van der Waals surface area (Å²) in [4.78, 5) is 0. The molecule has 4 rings (SSSR count). The molecule has 0 fully saturated rings. The van der Waals surface area contributed by atoms with E-state index in [-0.39, 0.29) is 63.0 Å². The van der Waals surface area contributed by atoms with E-state index < -0.39 is 0 Å². The van der Waals surface area contributed by atoms with E-state index in [0.717, 1.165) is 0 Å². The number of hydrogen-bond donors (Lipinski definition) is 0. The molecule has 0 aliphatic heterocycles. The molecular formula is C27H41Hf-7. The largest absolute Gasteiger partial charge is 0.358 e. The van der Waals surface area contributed by atoms with E-state index in [4.69, 9.17) is 0 Å². The minimum absolute atomic E-state index is 0. The van der Waals surface area contributed by atoms with Crippen LogP contribution in [0.15, 0.2) is 54.6 Å². The van der Waals surface area contributed by atoms with Gasteiger partial charge in [-0.2, -0.15) is 24.3 Å². The van der Waals surface area contributed by atoms with Gasteiger partial charge in [0.25, 0.3) is 0 Å². The molecule has 0 unspecified atom stereocenters. The fourth-order valence-corrected chi connectivity index (χ4v) is 3.39. The summed E-state index contributed by atoms with van der Waals surface area (Å²) >= 11 is 0. The van der Waals surface area contributed by atoms with Crippen LogP contribution < -0.4 is 0 Å². The van der Waals surface area contributed by atoms with Crippen molar-refractivity contribution in [3.8, 4) is 0 Å². The molecule has 28 heavy (non-hydrogen) atoms. The molecule has 160 valence electrons. The van der Waals surface area contributed by atoms with Crippen molar-refractivity contribution in [1.82, 2.24) is 0 Å². The monoisotopic (exact) mass is 545 g/mol. The molecule has 0 nitrogen and oxygen atoms in total. The maximum absolute atomic E-state index is 2.46. The van der Waals surface area contributed by atoms with E-state index in [9.17, 15) is 0 Å². The summed E-state index contributed by atoms with van der Waals surface area (Å²) in [5.41, 5.74) is 5.09. The molecule has 1 heteroatoms. The van der Waals surface area contributed by atoms with Crippen LogP contribution in [0.3, 0.4) is 0 Å². The Kier molecular flexibility index (Phi) is 18.5. The van der Waals surface area contributed by atoms with E-state index in [1.165, 1.54) is 42.0 Å². The van der Waals surface area contributed by atoms with Gasteiger partial charge in [0.1, 0.15) is 0 Å². The Balaban J connectivity index is -0.000000233. The molecule has 0 bridgehead atoms. The fourth-order valence-electron chi connectivity index (χ4n) is 3.39. The Morgan fingerprint density at radius 2 is 1.43 bits per heavy atom. The van der Waals surface area contributed by atoms with Crippen molar-refractivity contribution < 1.29 is 25.8 Å². The van der Waals surface area contributed by atoms with Crippen molar-refractivity contribution >= 4 is 10.8 Å². The quantitative estimate of drug-likeness (QED) is 0.214. The van der Waals surface area contributed by atoms with Gasteiger partial charge < -0.3 is 37.1 Å². The van der Waals surface area contributed by atoms with Crippen molar-refractivity contribution in [3.63, 3.8) is 0 Å². The molecule has 0 heterocycles. The van der Waals surface area contributed by atoms with E-state index >= 15 is 0 Å². The molecule has 3 aromatic rings. The van der Waals surface area contributed by atoms with Crippen molar-refractivity contribution in [2.24, 2.45) is 5.41 Å². The minimum atomic E-state index is 0. The predicted octanol–water partition coefficient (Wildman–Crippen LogP) is 8.29. The molecule has 0 amide bonds. The van der Waals surface area contributed by atoms with Gasteiger partial charge in [-0.25, -0.2) is 12.1 Å². The Morgan fingerprint density at radius 1 is 0.893 bits per heavy atom. The van der Waals surface area contributed by atoms with Gasteiger partial charge in [-0.3, -0.25) is 0 Å². The zero-order valence-corrected chi connectivity index (χ0v) is 23.1. The fraction of sp³-hybridized carbons (Fsp3) is 0.296. The summed E-state index contributed by atoms with van der Waals surface area (Å²) in [7, 11) is 0. The van der Waals surface area contributed by atoms with Gasteiger partial charge in [0, 0.05) is 25.8 Å². The molecular weight excluding hydrogens is 503 g/mol. The SMILES string of the molecule is CC(C)(C)C[c-]1ccc2cc3c(cc21)CCC3.[CH3-].[CH3-].[CH3-].[CH3-].[CH3-].[Hf].c1cc[cH-]c1. The second kappa shape index (κ2) is 15.0. The van der Waals surface area contributed by atoms with E-state index in [0.29, 0.717) is 5.41 Å². The zero-order valence-electron chi connectivity index (χ0n) is 19.5. The van der Waals surface area contributed by atoms with Crippen LogP contribution in [0.4, 0.5) is 0 Å². The third-order valence-electron chi connectivity index (χ3n) is 4.35. The van der Waals surface area contributed by atoms with E-state index in [1.54, 1.807) is 11.1 Å². The molecule has 0 radical (unpaired) electrons. The topological polar surface area (TPSA) is 0 Å². The van der Waals surface area contributed by atoms with Crippen molar-refractivity contribution in [3.05, 3.63) is 108 Å². The first-order chi connectivity index (χ1) is 10.5. The second-order valence-electron chi connectivity index (χ2n) is 7.62. The maximum atomic E-state index is 2.46. The Morgan fingerprint density at radius 3 is 1.89 bits per heavy atom. The van der Waals surface area contributed by atoms with Gasteiger partial charge in [0.05, 0.1) is 0 Å². The molecule has 0 aromatic heterocycles. The van der Waals surface area contributed by atoms with Gasteiger partial charge in [-0.1, -0.05) is 38.3 Å². The van der Waals surface area contributed by atoms with Crippen LogP contribution in [-0.2, 0) is 45.1 Å². The normalized spacial score (nSPS) is 10.8. The minimum Gasteiger partial charge on any atom is -0.358 e. The summed E-state index contributed by atoms with van der Waals surface area (Å²) < 4.78 is 0. The molecule has 0 N–H and O–H groups in total. The van der Waals surface area contributed by atoms with E-state index in [2.05, 4.69) is 45.0 Å². The first kappa shape index (κ1) is 34.5. The average molecular weight is 544 g/mol. The van der Waals surface area contributed by atoms with Gasteiger partial charge >= 0.3 is 0 Å². The van der Waals surface area contributed by atoms with Gasteiger partial charge in [-0.05, 0) is 24.7 Å². The van der Waals surface area contributed by atoms with Gasteiger partial charge in [0.15, 0.2) is 0 Å². The Labute approximate surface area is 196 Å². The number of benzene rings is 1. The standard InChI is InChI=1S/C17H21.C5H5.5CH3.Hf/c1-17(2,3)11-15-8-7-14-9-12-5-4-6-13(12)10-16(14)15;1-2-4-5-3-1;;;;;;/h7-10H,4-6,11H2,1-3H3;1-5H;5*1H3;/q7*-1;. The first-order valence-corrected chi connectivity index (χ1v) is 8.40. The summed E-state index contributed by atoms with van der Waals surface area (Å²) in [5, 5.41) is 2.95. The van der Waals surface area contributed by atoms with Gasteiger partial charge in [0.2, 0.25) is 0 Å². The zero-order chi connectivity index (χ0) is 15.6. The molecule has 0 saturated carbocycles. The summed E-state index contributed by atoms with van der Waals surface area (Å²) in [6.45, 7) is 6.96. The number of aryl methyl sites for hydroxylation is 2. The van der Waals surface area contributed by atoms with Crippen LogP contribution in [0.5, 0.6) is 0 Å². The number of hydrogen-bond acceptors (Lipinski definition) is 0. The molecule has 0 saturated heterocycles. The summed E-state index contributed by atoms with van der Waals surface area (Å²) in [6, 6.07) is 19.5. The Bertz CT molecular complexity index is 706. The molecule has 0 spiro atoms. The number of fused-ring (bicyclic) bond motifs is 2. The second-order valence-corrected chi connectivity index (χ2v) is 7.62. The first-order valence-electron chi connectivity index (χ1n) is 8.40. The molecule has 0 atom stereocenters. The Hall–Kier alpha value is -0.950. The van der Waals surface area contributed by atoms with Crippen molar-refractivity contribution in [2.45, 2.75) is 46.5 Å². The average Bonchev–Trinajstić information content (AvgIpc) is 3.17. The van der Waals surface area contributed by atoms with E-state index in [1.807, 2.05) is 30.3 Å².